The van der Waals surface area contributed by atoms with Crippen molar-refractivity contribution in [2.24, 2.45) is 5.92 Å². The van der Waals surface area contributed by atoms with Crippen LogP contribution in [0, 0.1) is 5.92 Å². The van der Waals surface area contributed by atoms with Crippen molar-refractivity contribution >= 4 is 5.97 Å². The molecule has 1 saturated carbocycles. The Morgan fingerprint density at radius 3 is 2.94 bits per heavy atom. The lowest BCUT2D eigenvalue weighted by molar-refractivity contribution is -0.151. The minimum absolute atomic E-state index is 0.563. The summed E-state index contributed by atoms with van der Waals surface area (Å²) in [5, 5.41) is 13.0. The lowest BCUT2D eigenvalue weighted by atomic mass is 9.92. The maximum Gasteiger partial charge on any atom is 0.324 e. The minimum Gasteiger partial charge on any atom is -0.480 e. The lowest BCUT2D eigenvalue weighted by Crippen LogP contribution is -2.54. The van der Waals surface area contributed by atoms with Crippen molar-refractivity contribution in [3.05, 3.63) is 0 Å². The van der Waals surface area contributed by atoms with Gasteiger partial charge in [0.05, 0.1) is 0 Å². The Labute approximate surface area is 103 Å². The SMILES string of the molecule is CCC1CCC(C(=O)O)(N2CCCNCC2)C1. The molecule has 0 amide bonds. The number of nitrogens with zero attached hydrogens (tertiary/aromatic N) is 1. The van der Waals surface area contributed by atoms with Gasteiger partial charge in [-0.25, -0.2) is 0 Å². The summed E-state index contributed by atoms with van der Waals surface area (Å²) in [6, 6.07) is 0. The van der Waals surface area contributed by atoms with Gasteiger partial charge < -0.3 is 10.4 Å². The normalized spacial score (nSPS) is 35.7. The highest BCUT2D eigenvalue weighted by atomic mass is 16.4. The number of hydrogen-bond donors (Lipinski definition) is 2. The first-order valence-corrected chi connectivity index (χ1v) is 6.88. The quantitative estimate of drug-likeness (QED) is 0.781. The van der Waals surface area contributed by atoms with Crippen molar-refractivity contribution in [3.63, 3.8) is 0 Å². The minimum atomic E-state index is -0.602. The van der Waals surface area contributed by atoms with Gasteiger partial charge in [0, 0.05) is 19.6 Å². The van der Waals surface area contributed by atoms with Gasteiger partial charge in [0.25, 0.3) is 0 Å². The van der Waals surface area contributed by atoms with E-state index in [4.69, 9.17) is 0 Å². The van der Waals surface area contributed by atoms with E-state index >= 15 is 0 Å². The second-order valence-electron chi connectivity index (χ2n) is 5.44. The van der Waals surface area contributed by atoms with E-state index in [0.717, 1.165) is 58.3 Å². The topological polar surface area (TPSA) is 52.6 Å². The highest BCUT2D eigenvalue weighted by molar-refractivity contribution is 5.79. The molecule has 2 N–H and O–H groups in total. The van der Waals surface area contributed by atoms with Crippen LogP contribution in [0.4, 0.5) is 0 Å². The van der Waals surface area contributed by atoms with Gasteiger partial charge in [-0.2, -0.15) is 0 Å². The number of hydrogen-bond acceptors (Lipinski definition) is 3. The van der Waals surface area contributed by atoms with Crippen molar-refractivity contribution in [2.75, 3.05) is 26.2 Å². The van der Waals surface area contributed by atoms with Crippen molar-refractivity contribution in [3.8, 4) is 0 Å². The Hall–Kier alpha value is -0.610. The van der Waals surface area contributed by atoms with E-state index in [-0.39, 0.29) is 0 Å². The molecule has 1 aliphatic carbocycles. The van der Waals surface area contributed by atoms with Crippen LogP contribution in [0.2, 0.25) is 0 Å². The maximum absolute atomic E-state index is 11.7. The third-order valence-corrected chi connectivity index (χ3v) is 4.51. The molecule has 0 aromatic heterocycles. The molecule has 4 heteroatoms. The van der Waals surface area contributed by atoms with Crippen LogP contribution in [-0.2, 0) is 4.79 Å². The average molecular weight is 240 g/mol. The van der Waals surface area contributed by atoms with Gasteiger partial charge in [-0.15, -0.1) is 0 Å². The second kappa shape index (κ2) is 5.36. The van der Waals surface area contributed by atoms with Gasteiger partial charge in [0.1, 0.15) is 5.54 Å². The van der Waals surface area contributed by atoms with Gasteiger partial charge in [0.15, 0.2) is 0 Å². The fourth-order valence-corrected chi connectivity index (χ4v) is 3.36. The van der Waals surface area contributed by atoms with Crippen molar-refractivity contribution in [1.29, 1.82) is 0 Å². The first-order chi connectivity index (χ1) is 8.19. The van der Waals surface area contributed by atoms with Gasteiger partial charge in [-0.1, -0.05) is 13.3 Å². The standard InChI is InChI=1S/C13H24N2O2/c1-2-11-4-5-13(10-11,12(16)17)15-8-3-6-14-7-9-15/h11,14H,2-10H2,1H3,(H,16,17). The second-order valence-corrected chi connectivity index (χ2v) is 5.44. The highest BCUT2D eigenvalue weighted by Gasteiger charge is 2.49. The van der Waals surface area contributed by atoms with E-state index in [2.05, 4.69) is 17.1 Å². The Bertz CT molecular complexity index is 275. The molecule has 17 heavy (non-hydrogen) atoms. The molecule has 2 aliphatic rings. The Morgan fingerprint density at radius 2 is 2.29 bits per heavy atom. The van der Waals surface area contributed by atoms with Crippen LogP contribution in [0.25, 0.3) is 0 Å². The molecule has 1 aliphatic heterocycles. The molecule has 0 aromatic rings. The summed E-state index contributed by atoms with van der Waals surface area (Å²) in [6.45, 7) is 5.92. The van der Waals surface area contributed by atoms with E-state index < -0.39 is 11.5 Å². The fourth-order valence-electron chi connectivity index (χ4n) is 3.36. The van der Waals surface area contributed by atoms with Crippen LogP contribution < -0.4 is 5.32 Å². The van der Waals surface area contributed by atoms with Gasteiger partial charge in [0.2, 0.25) is 0 Å². The van der Waals surface area contributed by atoms with Gasteiger partial charge in [-0.3, -0.25) is 9.69 Å². The summed E-state index contributed by atoms with van der Waals surface area (Å²) in [7, 11) is 0. The fraction of sp³-hybridized carbons (Fsp3) is 0.923. The van der Waals surface area contributed by atoms with Crippen LogP contribution in [-0.4, -0.2) is 47.7 Å². The summed E-state index contributed by atoms with van der Waals surface area (Å²) < 4.78 is 0. The zero-order valence-corrected chi connectivity index (χ0v) is 10.7. The zero-order valence-electron chi connectivity index (χ0n) is 10.7. The van der Waals surface area contributed by atoms with Crippen LogP contribution in [0.3, 0.4) is 0 Å². The summed E-state index contributed by atoms with van der Waals surface area (Å²) in [4.78, 5) is 14.0. The van der Waals surface area contributed by atoms with Crippen molar-refractivity contribution < 1.29 is 9.90 Å². The molecule has 0 radical (unpaired) electrons. The van der Waals surface area contributed by atoms with E-state index in [9.17, 15) is 9.90 Å². The van der Waals surface area contributed by atoms with Crippen molar-refractivity contribution in [2.45, 2.75) is 44.6 Å². The number of carboxylic acids is 1. The maximum atomic E-state index is 11.7. The largest absolute Gasteiger partial charge is 0.480 e. The van der Waals surface area contributed by atoms with E-state index in [1.807, 2.05) is 0 Å². The Balaban J connectivity index is 2.13. The highest BCUT2D eigenvalue weighted by Crippen LogP contribution is 2.41. The molecule has 1 saturated heterocycles. The molecule has 0 bridgehead atoms. The summed E-state index contributed by atoms with van der Waals surface area (Å²) in [5.74, 6) is -0.00216. The molecule has 2 fully saturated rings. The Kier molecular flexibility index (Phi) is 4.05. The third-order valence-electron chi connectivity index (χ3n) is 4.51. The molecule has 2 unspecified atom stereocenters. The van der Waals surface area contributed by atoms with Crippen LogP contribution >= 0.6 is 0 Å². The predicted octanol–water partition coefficient (Wildman–Crippen LogP) is 1.32. The number of carboxylic acid groups (broad SMARTS) is 1. The smallest absolute Gasteiger partial charge is 0.324 e. The first-order valence-electron chi connectivity index (χ1n) is 6.88. The molecule has 4 nitrogen and oxygen atoms in total. The third kappa shape index (κ3) is 2.47. The van der Waals surface area contributed by atoms with Crippen LogP contribution in [0.5, 0.6) is 0 Å². The van der Waals surface area contributed by atoms with E-state index in [1.54, 1.807) is 0 Å². The zero-order chi connectivity index (χ0) is 12.3. The van der Waals surface area contributed by atoms with E-state index in [0.29, 0.717) is 5.92 Å². The summed E-state index contributed by atoms with van der Waals surface area (Å²) in [5.41, 5.74) is -0.563. The Morgan fingerprint density at radius 1 is 1.47 bits per heavy atom. The molecule has 0 spiro atoms. The number of rotatable bonds is 3. The molecule has 98 valence electrons. The molecule has 2 rings (SSSR count). The average Bonchev–Trinajstić information content (AvgIpc) is 2.58. The first kappa shape index (κ1) is 12.8. The number of aliphatic carboxylic acids is 1. The number of nitrogens with one attached hydrogen (secondary N) is 1. The monoisotopic (exact) mass is 240 g/mol. The lowest BCUT2D eigenvalue weighted by Gasteiger charge is -2.37. The summed E-state index contributed by atoms with van der Waals surface area (Å²) >= 11 is 0. The molecule has 0 aromatic carbocycles. The van der Waals surface area contributed by atoms with Gasteiger partial charge in [-0.05, 0) is 38.1 Å². The number of carbonyl (C=O) groups is 1. The van der Waals surface area contributed by atoms with Gasteiger partial charge >= 0.3 is 5.97 Å². The molecule has 2 atom stereocenters. The van der Waals surface area contributed by atoms with E-state index in [1.165, 1.54) is 0 Å². The van der Waals surface area contributed by atoms with Crippen LogP contribution in [0.15, 0.2) is 0 Å². The summed E-state index contributed by atoms with van der Waals surface area (Å²) in [6.07, 6.45) is 4.93. The molecule has 1 heterocycles. The molecular formula is C13H24N2O2. The van der Waals surface area contributed by atoms with Crippen molar-refractivity contribution in [1.82, 2.24) is 10.2 Å². The molecular weight excluding hydrogens is 216 g/mol. The van der Waals surface area contributed by atoms with Crippen LogP contribution in [0.1, 0.15) is 39.0 Å². The predicted molar refractivity (Wildman–Crippen MR) is 67.1 cm³/mol.